The fourth-order valence-corrected chi connectivity index (χ4v) is 4.06. The zero-order valence-electron chi connectivity index (χ0n) is 18.0. The Bertz CT molecular complexity index is 1360. The number of phenols is 2. The molecule has 2 amide bonds. The highest BCUT2D eigenvalue weighted by Gasteiger charge is 2.27. The summed E-state index contributed by atoms with van der Waals surface area (Å²) in [4.78, 5) is 14.7. The number of rotatable bonds is 4. The Labute approximate surface area is 200 Å². The number of para-hydroxylation sites is 1. The zero-order chi connectivity index (χ0) is 23.7. The molecule has 0 radical (unpaired) electrons. The number of benzene rings is 3. The first-order valence-corrected chi connectivity index (χ1v) is 11.0. The molecule has 1 aromatic heterocycles. The first-order valence-electron chi connectivity index (χ1n) is 10.6. The summed E-state index contributed by atoms with van der Waals surface area (Å²) >= 11 is 6.04. The molecule has 34 heavy (non-hydrogen) atoms. The van der Waals surface area contributed by atoms with Crippen molar-refractivity contribution in [3.05, 3.63) is 83.0 Å². The summed E-state index contributed by atoms with van der Waals surface area (Å²) in [6.07, 6.45) is 0.583. The minimum absolute atomic E-state index is 0.104. The van der Waals surface area contributed by atoms with Crippen molar-refractivity contribution in [2.75, 3.05) is 11.9 Å². The predicted molar refractivity (Wildman–Crippen MR) is 128 cm³/mol. The largest absolute Gasteiger partial charge is 0.507 e. The van der Waals surface area contributed by atoms with Crippen molar-refractivity contribution in [2.45, 2.75) is 13.0 Å². The molecule has 2 heterocycles. The molecule has 1 aliphatic rings. The van der Waals surface area contributed by atoms with Crippen LogP contribution in [0.1, 0.15) is 11.3 Å². The summed E-state index contributed by atoms with van der Waals surface area (Å²) in [6.45, 7) is 0.800. The number of hydrogen-bond donors (Lipinski definition) is 4. The number of aromatic nitrogens is 2. The van der Waals surface area contributed by atoms with E-state index >= 15 is 0 Å². The van der Waals surface area contributed by atoms with Gasteiger partial charge >= 0.3 is 6.03 Å². The van der Waals surface area contributed by atoms with Crippen LogP contribution in [0.4, 0.5) is 10.5 Å². The highest BCUT2D eigenvalue weighted by Crippen LogP contribution is 2.39. The van der Waals surface area contributed by atoms with Gasteiger partial charge in [-0.25, -0.2) is 4.79 Å². The summed E-state index contributed by atoms with van der Waals surface area (Å²) in [5, 5.41) is 30.4. The third kappa shape index (κ3) is 4.35. The minimum Gasteiger partial charge on any atom is -0.507 e. The average molecular weight is 477 g/mol. The number of aromatic amines is 1. The minimum atomic E-state index is -0.261. The quantitative estimate of drug-likeness (QED) is 0.310. The second-order valence-electron chi connectivity index (χ2n) is 7.89. The molecule has 0 spiro atoms. The van der Waals surface area contributed by atoms with Crippen molar-refractivity contribution in [3.63, 3.8) is 0 Å². The molecule has 0 unspecified atom stereocenters. The number of ether oxygens (including phenoxy) is 1. The van der Waals surface area contributed by atoms with Gasteiger partial charge in [-0.15, -0.1) is 0 Å². The Morgan fingerprint density at radius 2 is 1.82 bits per heavy atom. The van der Waals surface area contributed by atoms with Crippen LogP contribution in [0, 0.1) is 0 Å². The second kappa shape index (κ2) is 8.99. The summed E-state index contributed by atoms with van der Waals surface area (Å²) in [5.41, 5.74) is 3.17. The molecule has 4 aromatic rings. The van der Waals surface area contributed by atoms with E-state index in [-0.39, 0.29) is 22.6 Å². The Morgan fingerprint density at radius 1 is 1.03 bits per heavy atom. The standard InChI is InChI=1S/C25H21ClN4O4/c26-20-12-18(22(31)13-23(20)32)24-19-14-30(10-9-21(19)28-29-24)25(33)27-15-5-4-8-17(11-15)34-16-6-2-1-3-7-16/h1-8,11-13,31-32H,9-10,14H2,(H,27,33)(H,28,29). The number of carbonyl (C=O) groups excluding carboxylic acids is 1. The molecule has 0 aliphatic carbocycles. The van der Waals surface area contributed by atoms with Gasteiger partial charge in [0.1, 0.15) is 28.7 Å². The van der Waals surface area contributed by atoms with Crippen LogP contribution >= 0.6 is 11.6 Å². The maximum Gasteiger partial charge on any atom is 0.322 e. The molecule has 5 rings (SSSR count). The number of nitrogens with zero attached hydrogens (tertiary/aromatic N) is 2. The lowest BCUT2D eigenvalue weighted by Crippen LogP contribution is -2.38. The van der Waals surface area contributed by atoms with E-state index in [1.54, 1.807) is 17.0 Å². The average Bonchev–Trinajstić information content (AvgIpc) is 3.25. The first-order chi connectivity index (χ1) is 16.5. The topological polar surface area (TPSA) is 111 Å². The number of carbonyl (C=O) groups is 1. The van der Waals surface area contributed by atoms with E-state index < -0.39 is 0 Å². The summed E-state index contributed by atoms with van der Waals surface area (Å²) in [6, 6.07) is 19.0. The van der Waals surface area contributed by atoms with E-state index in [1.165, 1.54) is 12.1 Å². The van der Waals surface area contributed by atoms with Gasteiger partial charge in [0.25, 0.3) is 0 Å². The lowest BCUT2D eigenvalue weighted by atomic mass is 10.0. The summed E-state index contributed by atoms with van der Waals surface area (Å²) in [5.74, 6) is 0.959. The third-order valence-corrected chi connectivity index (χ3v) is 5.91. The SMILES string of the molecule is O=C(Nc1cccc(Oc2ccccc2)c1)N1CCc2[nH]nc(-c3cc(Cl)c(O)cc3O)c2C1. The molecule has 0 fully saturated rings. The predicted octanol–water partition coefficient (Wildman–Crippen LogP) is 5.52. The number of anilines is 1. The normalized spacial score (nSPS) is 12.8. The highest BCUT2D eigenvalue weighted by atomic mass is 35.5. The van der Waals surface area contributed by atoms with E-state index in [9.17, 15) is 15.0 Å². The number of aromatic hydroxyl groups is 2. The number of hydrogen-bond acceptors (Lipinski definition) is 5. The van der Waals surface area contributed by atoms with E-state index in [2.05, 4.69) is 15.5 Å². The van der Waals surface area contributed by atoms with Crippen LogP contribution in [0.2, 0.25) is 5.02 Å². The number of nitrogens with one attached hydrogen (secondary N) is 2. The highest BCUT2D eigenvalue weighted by molar-refractivity contribution is 6.32. The molecule has 172 valence electrons. The molecular weight excluding hydrogens is 456 g/mol. The molecule has 8 nitrogen and oxygen atoms in total. The van der Waals surface area contributed by atoms with Crippen molar-refractivity contribution in [3.8, 4) is 34.3 Å². The van der Waals surface area contributed by atoms with Gasteiger partial charge in [0, 0.05) is 47.6 Å². The van der Waals surface area contributed by atoms with Crippen LogP contribution in [-0.2, 0) is 13.0 Å². The number of phenolic OH excluding ortho intramolecular Hbond substituents is 2. The number of halogens is 1. The van der Waals surface area contributed by atoms with Gasteiger partial charge < -0.3 is 25.2 Å². The maximum absolute atomic E-state index is 13.0. The maximum atomic E-state index is 13.0. The van der Waals surface area contributed by atoms with Gasteiger partial charge in [-0.3, -0.25) is 5.10 Å². The molecule has 9 heteroatoms. The Balaban J connectivity index is 1.32. The molecule has 0 saturated carbocycles. The van der Waals surface area contributed by atoms with E-state index in [0.29, 0.717) is 48.0 Å². The van der Waals surface area contributed by atoms with Crippen LogP contribution in [0.3, 0.4) is 0 Å². The van der Waals surface area contributed by atoms with Gasteiger partial charge in [-0.2, -0.15) is 5.10 Å². The number of fused-ring (bicyclic) bond motifs is 1. The van der Waals surface area contributed by atoms with Crippen LogP contribution in [0.15, 0.2) is 66.7 Å². The van der Waals surface area contributed by atoms with E-state index in [0.717, 1.165) is 11.3 Å². The summed E-state index contributed by atoms with van der Waals surface area (Å²) < 4.78 is 5.85. The first kappa shape index (κ1) is 21.7. The second-order valence-corrected chi connectivity index (χ2v) is 8.30. The number of amides is 2. The lowest BCUT2D eigenvalue weighted by Gasteiger charge is -2.27. The van der Waals surface area contributed by atoms with Gasteiger partial charge in [-0.05, 0) is 30.3 Å². The smallest absolute Gasteiger partial charge is 0.322 e. The fourth-order valence-electron chi connectivity index (χ4n) is 3.90. The Kier molecular flexibility index (Phi) is 5.73. The Hall–Kier alpha value is -4.17. The van der Waals surface area contributed by atoms with Crippen LogP contribution in [0.25, 0.3) is 11.3 Å². The van der Waals surface area contributed by atoms with Crippen molar-refractivity contribution < 1.29 is 19.7 Å². The van der Waals surface area contributed by atoms with Crippen LogP contribution < -0.4 is 10.1 Å². The zero-order valence-corrected chi connectivity index (χ0v) is 18.7. The lowest BCUT2D eigenvalue weighted by molar-refractivity contribution is 0.206. The summed E-state index contributed by atoms with van der Waals surface area (Å²) in [7, 11) is 0. The fraction of sp³-hybridized carbons (Fsp3) is 0.120. The van der Waals surface area contributed by atoms with Gasteiger partial charge in [-0.1, -0.05) is 35.9 Å². The van der Waals surface area contributed by atoms with E-state index in [4.69, 9.17) is 16.3 Å². The third-order valence-electron chi connectivity index (χ3n) is 5.61. The molecule has 0 atom stereocenters. The number of urea groups is 1. The Morgan fingerprint density at radius 3 is 2.65 bits per heavy atom. The molecule has 3 aromatic carbocycles. The van der Waals surface area contributed by atoms with Gasteiger partial charge in [0.2, 0.25) is 0 Å². The number of H-pyrrole nitrogens is 1. The van der Waals surface area contributed by atoms with Crippen LogP contribution in [-0.4, -0.2) is 37.9 Å². The molecule has 4 N–H and O–H groups in total. The molecule has 0 bridgehead atoms. The van der Waals surface area contributed by atoms with Gasteiger partial charge in [0.15, 0.2) is 0 Å². The van der Waals surface area contributed by atoms with E-state index in [1.807, 2.05) is 42.5 Å². The molecule has 1 aliphatic heterocycles. The monoisotopic (exact) mass is 476 g/mol. The molecule has 0 saturated heterocycles. The van der Waals surface area contributed by atoms with Crippen LogP contribution in [0.5, 0.6) is 23.0 Å². The van der Waals surface area contributed by atoms with Crippen molar-refractivity contribution in [1.29, 1.82) is 0 Å². The van der Waals surface area contributed by atoms with Crippen molar-refractivity contribution in [1.82, 2.24) is 15.1 Å². The van der Waals surface area contributed by atoms with Gasteiger partial charge in [0.05, 0.1) is 11.6 Å². The van der Waals surface area contributed by atoms with Crippen molar-refractivity contribution in [2.24, 2.45) is 0 Å². The molecular formula is C25H21ClN4O4. The van der Waals surface area contributed by atoms with Crippen molar-refractivity contribution >= 4 is 23.3 Å².